The molecule has 0 saturated carbocycles. The van der Waals surface area contributed by atoms with E-state index in [9.17, 15) is 4.79 Å². The van der Waals surface area contributed by atoms with Crippen LogP contribution in [0, 0.1) is 11.3 Å². The number of rotatable bonds is 1. The van der Waals surface area contributed by atoms with Gasteiger partial charge in [0, 0.05) is 6.54 Å². The molecular weight excluding hydrogens is 252 g/mol. The Bertz CT molecular complexity index is 470. The molecule has 98 valence electrons. The number of halogens is 1. The Morgan fingerprint density at radius 2 is 2.22 bits per heavy atom. The first-order valence-corrected chi connectivity index (χ1v) is 6.30. The number of hydrogen-bond acceptors (Lipinski definition) is 4. The van der Waals surface area contributed by atoms with Gasteiger partial charge < -0.3 is 10.6 Å². The van der Waals surface area contributed by atoms with Crippen molar-refractivity contribution in [2.45, 2.75) is 27.2 Å². The first-order valence-electron chi connectivity index (χ1n) is 5.92. The van der Waals surface area contributed by atoms with Gasteiger partial charge in [-0.25, -0.2) is 4.98 Å². The molecular formula is C12H17ClN4O. The molecule has 1 aliphatic heterocycles. The van der Waals surface area contributed by atoms with E-state index >= 15 is 0 Å². The molecule has 0 fully saturated rings. The van der Waals surface area contributed by atoms with E-state index in [-0.39, 0.29) is 22.5 Å². The van der Waals surface area contributed by atoms with E-state index in [0.29, 0.717) is 18.1 Å². The Hall–Kier alpha value is -1.36. The van der Waals surface area contributed by atoms with Crippen LogP contribution in [0.25, 0.3) is 0 Å². The quantitative estimate of drug-likeness (QED) is 0.768. The third kappa shape index (κ3) is 3.10. The van der Waals surface area contributed by atoms with E-state index in [2.05, 4.69) is 41.4 Å². The number of nitrogens with one attached hydrogen (secondary N) is 2. The highest BCUT2D eigenvalue weighted by atomic mass is 35.5. The minimum absolute atomic E-state index is 0.00194. The van der Waals surface area contributed by atoms with Crippen LogP contribution in [0.15, 0.2) is 6.20 Å². The monoisotopic (exact) mass is 268 g/mol. The topological polar surface area (TPSA) is 66.9 Å². The molecule has 1 atom stereocenters. The summed E-state index contributed by atoms with van der Waals surface area (Å²) in [6.07, 6.45) is 2.33. The highest BCUT2D eigenvalue weighted by Gasteiger charge is 2.28. The molecule has 0 radical (unpaired) electrons. The van der Waals surface area contributed by atoms with Gasteiger partial charge in [0.2, 0.25) is 11.2 Å². The number of fused-ring (bicyclic) bond motifs is 1. The number of carbonyl (C=O) groups is 1. The molecule has 1 aromatic rings. The normalized spacial score (nSPS) is 19.6. The van der Waals surface area contributed by atoms with Crippen molar-refractivity contribution in [3.8, 4) is 0 Å². The summed E-state index contributed by atoms with van der Waals surface area (Å²) in [7, 11) is 0. The van der Waals surface area contributed by atoms with Crippen molar-refractivity contribution >= 4 is 29.0 Å². The number of anilines is 2. The average molecular weight is 269 g/mol. The first-order chi connectivity index (χ1) is 8.35. The number of aromatic nitrogens is 2. The molecule has 2 N–H and O–H groups in total. The maximum atomic E-state index is 12.1. The Morgan fingerprint density at radius 1 is 1.50 bits per heavy atom. The molecule has 0 spiro atoms. The van der Waals surface area contributed by atoms with E-state index in [4.69, 9.17) is 11.6 Å². The summed E-state index contributed by atoms with van der Waals surface area (Å²) in [6.45, 7) is 6.92. The number of amides is 1. The van der Waals surface area contributed by atoms with Crippen molar-refractivity contribution in [1.29, 1.82) is 0 Å². The van der Waals surface area contributed by atoms with Gasteiger partial charge in [-0.3, -0.25) is 4.79 Å². The third-order valence-corrected chi connectivity index (χ3v) is 2.94. The molecule has 1 aliphatic rings. The van der Waals surface area contributed by atoms with Crippen LogP contribution in [0.4, 0.5) is 11.5 Å². The van der Waals surface area contributed by atoms with E-state index in [1.54, 1.807) is 0 Å². The second kappa shape index (κ2) is 4.72. The fourth-order valence-corrected chi connectivity index (χ4v) is 2.17. The summed E-state index contributed by atoms with van der Waals surface area (Å²) >= 11 is 5.73. The minimum Gasteiger partial charge on any atom is -0.367 e. The predicted octanol–water partition coefficient (Wildman–Crippen LogP) is 2.55. The van der Waals surface area contributed by atoms with E-state index in [1.165, 1.54) is 6.20 Å². The van der Waals surface area contributed by atoms with Crippen molar-refractivity contribution < 1.29 is 4.79 Å². The van der Waals surface area contributed by atoms with Gasteiger partial charge in [-0.05, 0) is 23.4 Å². The van der Waals surface area contributed by atoms with Crippen LogP contribution in [0.3, 0.4) is 0 Å². The van der Waals surface area contributed by atoms with Gasteiger partial charge in [0.1, 0.15) is 5.69 Å². The summed E-state index contributed by atoms with van der Waals surface area (Å²) in [6, 6.07) is 0. The molecule has 0 aromatic carbocycles. The number of nitrogens with zero attached hydrogens (tertiary/aromatic N) is 2. The van der Waals surface area contributed by atoms with Crippen LogP contribution in [0.5, 0.6) is 0 Å². The highest BCUT2D eigenvalue weighted by molar-refractivity contribution is 6.28. The Balaban J connectivity index is 2.19. The fraction of sp³-hybridized carbons (Fsp3) is 0.583. The summed E-state index contributed by atoms with van der Waals surface area (Å²) in [5.74, 6) is 0.500. The molecule has 1 unspecified atom stereocenters. The molecule has 6 heteroatoms. The van der Waals surface area contributed by atoms with E-state index < -0.39 is 0 Å². The second-order valence-corrected chi connectivity index (χ2v) is 6.07. The van der Waals surface area contributed by atoms with Gasteiger partial charge in [-0.1, -0.05) is 20.8 Å². The molecule has 5 nitrogen and oxygen atoms in total. The first kappa shape index (κ1) is 13.1. The van der Waals surface area contributed by atoms with Gasteiger partial charge in [0.05, 0.1) is 12.1 Å². The van der Waals surface area contributed by atoms with Crippen molar-refractivity contribution in [3.05, 3.63) is 11.5 Å². The standard InChI is InChI=1S/C12H17ClN4O/c1-12(2,3)4-7-5-14-9-8(16-10(7)18)6-15-11(13)17-9/h6-7H,4-5H2,1-3H3,(H,16,18)(H,14,15,17). The molecule has 0 bridgehead atoms. The van der Waals surface area contributed by atoms with Gasteiger partial charge in [-0.15, -0.1) is 0 Å². The third-order valence-electron chi connectivity index (χ3n) is 2.76. The average Bonchev–Trinajstić information content (AvgIpc) is 2.38. The van der Waals surface area contributed by atoms with Crippen LogP contribution in [0.2, 0.25) is 5.28 Å². The van der Waals surface area contributed by atoms with Crippen molar-refractivity contribution in [1.82, 2.24) is 9.97 Å². The number of carbonyl (C=O) groups excluding carboxylic acids is 1. The SMILES string of the molecule is CC(C)(C)CC1CNc2nc(Cl)ncc2NC1=O. The summed E-state index contributed by atoms with van der Waals surface area (Å²) in [4.78, 5) is 20.0. The molecule has 18 heavy (non-hydrogen) atoms. The molecule has 0 aliphatic carbocycles. The molecule has 2 rings (SSSR count). The fourth-order valence-electron chi connectivity index (χ4n) is 2.04. The lowest BCUT2D eigenvalue weighted by molar-refractivity contribution is -0.120. The highest BCUT2D eigenvalue weighted by Crippen LogP contribution is 2.29. The zero-order valence-corrected chi connectivity index (χ0v) is 11.5. The van der Waals surface area contributed by atoms with Crippen molar-refractivity contribution in [2.75, 3.05) is 17.2 Å². The summed E-state index contributed by atoms with van der Waals surface area (Å²) in [5.41, 5.74) is 0.685. The van der Waals surface area contributed by atoms with Gasteiger partial charge in [-0.2, -0.15) is 4.98 Å². The van der Waals surface area contributed by atoms with Gasteiger partial charge in [0.15, 0.2) is 5.82 Å². The number of hydrogen-bond donors (Lipinski definition) is 2. The van der Waals surface area contributed by atoms with Crippen LogP contribution in [-0.2, 0) is 4.79 Å². The van der Waals surface area contributed by atoms with Crippen LogP contribution in [0.1, 0.15) is 27.2 Å². The second-order valence-electron chi connectivity index (χ2n) is 5.73. The predicted molar refractivity (Wildman–Crippen MR) is 71.7 cm³/mol. The Labute approximate surface area is 111 Å². The van der Waals surface area contributed by atoms with Crippen LogP contribution >= 0.6 is 11.6 Å². The zero-order chi connectivity index (χ0) is 13.3. The summed E-state index contributed by atoms with van der Waals surface area (Å²) < 4.78 is 0. The lowest BCUT2D eigenvalue weighted by Crippen LogP contribution is -2.29. The lowest BCUT2D eigenvalue weighted by Gasteiger charge is -2.23. The minimum atomic E-state index is -0.0852. The molecule has 1 aromatic heterocycles. The van der Waals surface area contributed by atoms with Gasteiger partial charge >= 0.3 is 0 Å². The maximum absolute atomic E-state index is 12.1. The van der Waals surface area contributed by atoms with Crippen molar-refractivity contribution in [2.24, 2.45) is 11.3 Å². The Kier molecular flexibility index (Phi) is 3.43. The van der Waals surface area contributed by atoms with Gasteiger partial charge in [0.25, 0.3) is 0 Å². The zero-order valence-electron chi connectivity index (χ0n) is 10.7. The van der Waals surface area contributed by atoms with E-state index in [0.717, 1.165) is 6.42 Å². The largest absolute Gasteiger partial charge is 0.367 e. The molecule has 2 heterocycles. The smallest absolute Gasteiger partial charge is 0.229 e. The summed E-state index contributed by atoms with van der Waals surface area (Å²) in [5, 5.41) is 6.16. The van der Waals surface area contributed by atoms with E-state index in [1.807, 2.05) is 0 Å². The van der Waals surface area contributed by atoms with Crippen molar-refractivity contribution in [3.63, 3.8) is 0 Å². The lowest BCUT2D eigenvalue weighted by atomic mass is 9.84. The molecule has 0 saturated heterocycles. The Morgan fingerprint density at radius 3 is 2.89 bits per heavy atom. The van der Waals surface area contributed by atoms with Crippen LogP contribution in [-0.4, -0.2) is 22.4 Å². The maximum Gasteiger partial charge on any atom is 0.229 e. The molecule has 1 amide bonds. The van der Waals surface area contributed by atoms with Crippen LogP contribution < -0.4 is 10.6 Å².